The molecule has 2 rings (SSSR count). The summed E-state index contributed by atoms with van der Waals surface area (Å²) in [5.41, 5.74) is 6.86. The number of primary amides is 1. The first-order chi connectivity index (χ1) is 11.8. The van der Waals surface area contributed by atoms with Gasteiger partial charge in [0.2, 0.25) is 0 Å². The number of benzene rings is 2. The Morgan fingerprint density at radius 1 is 1.20 bits per heavy atom. The van der Waals surface area contributed by atoms with Crippen molar-refractivity contribution in [3.8, 4) is 5.75 Å². The van der Waals surface area contributed by atoms with Gasteiger partial charge in [-0.1, -0.05) is 12.1 Å². The molecule has 2 amide bonds. The fraction of sp³-hybridized carbons (Fsp3) is 0. The van der Waals surface area contributed by atoms with Crippen molar-refractivity contribution in [2.45, 2.75) is 4.90 Å². The van der Waals surface area contributed by atoms with Crippen LogP contribution in [0, 0.1) is 10.1 Å². The van der Waals surface area contributed by atoms with Gasteiger partial charge in [0.05, 0.1) is 11.1 Å². The number of nitro benzene ring substituents is 1. The van der Waals surface area contributed by atoms with Crippen molar-refractivity contribution in [1.29, 1.82) is 0 Å². The van der Waals surface area contributed by atoms with Gasteiger partial charge in [0.15, 0.2) is 5.75 Å². The van der Waals surface area contributed by atoms with Crippen LogP contribution in [0.4, 0.5) is 10.5 Å². The Kier molecular flexibility index (Phi) is 5.29. The van der Waals surface area contributed by atoms with Crippen molar-refractivity contribution in [3.63, 3.8) is 0 Å². The highest BCUT2D eigenvalue weighted by molar-refractivity contribution is 7.87. The van der Waals surface area contributed by atoms with Crippen LogP contribution in [0.15, 0.2) is 58.5 Å². The highest BCUT2D eigenvalue weighted by Gasteiger charge is 2.19. The number of nitrogens with zero attached hydrogens (tertiary/aromatic N) is 2. The normalized spacial score (nSPS) is 11.2. The van der Waals surface area contributed by atoms with Crippen LogP contribution in [0.25, 0.3) is 0 Å². The molecule has 0 aliphatic carbocycles. The molecular weight excluding hydrogens is 352 g/mol. The Hall–Kier alpha value is -3.47. The third-order valence-electron chi connectivity index (χ3n) is 2.83. The Morgan fingerprint density at radius 3 is 2.44 bits per heavy atom. The molecule has 0 spiro atoms. The zero-order valence-electron chi connectivity index (χ0n) is 12.5. The van der Waals surface area contributed by atoms with E-state index in [1.54, 1.807) is 12.1 Å². The van der Waals surface area contributed by atoms with Crippen LogP contribution in [0.3, 0.4) is 0 Å². The van der Waals surface area contributed by atoms with E-state index in [0.29, 0.717) is 0 Å². The number of carbonyl (C=O) groups excluding carboxylic acids is 1. The summed E-state index contributed by atoms with van der Waals surface area (Å²) in [5, 5.41) is 14.2. The lowest BCUT2D eigenvalue weighted by Crippen LogP contribution is -2.24. The highest BCUT2D eigenvalue weighted by atomic mass is 32.2. The molecule has 0 bridgehead atoms. The topological polar surface area (TPSA) is 154 Å². The molecule has 0 aliphatic heterocycles. The third-order valence-corrected chi connectivity index (χ3v) is 4.08. The number of urea groups is 1. The number of para-hydroxylation sites is 1. The predicted octanol–water partition coefficient (Wildman–Crippen LogP) is 1.36. The van der Waals surface area contributed by atoms with E-state index >= 15 is 0 Å². The van der Waals surface area contributed by atoms with Crippen molar-refractivity contribution in [2.75, 3.05) is 0 Å². The molecular formula is C14H12N4O6S. The van der Waals surface area contributed by atoms with Crippen LogP contribution in [0.1, 0.15) is 5.56 Å². The number of hydrazone groups is 1. The molecule has 25 heavy (non-hydrogen) atoms. The first-order valence-electron chi connectivity index (χ1n) is 6.66. The van der Waals surface area contributed by atoms with E-state index in [4.69, 9.17) is 9.92 Å². The molecule has 3 N–H and O–H groups in total. The maximum atomic E-state index is 12.3. The van der Waals surface area contributed by atoms with E-state index < -0.39 is 21.1 Å². The van der Waals surface area contributed by atoms with Crippen LogP contribution < -0.4 is 15.3 Å². The zero-order valence-corrected chi connectivity index (χ0v) is 13.3. The fourth-order valence-corrected chi connectivity index (χ4v) is 2.68. The Balaban J connectivity index is 2.27. The monoisotopic (exact) mass is 364 g/mol. The number of carbonyl (C=O) groups is 1. The molecule has 0 radical (unpaired) electrons. The second kappa shape index (κ2) is 7.40. The van der Waals surface area contributed by atoms with Crippen molar-refractivity contribution in [1.82, 2.24) is 5.43 Å². The molecule has 0 fully saturated rings. The van der Waals surface area contributed by atoms with E-state index in [2.05, 4.69) is 5.10 Å². The number of non-ortho nitro benzene ring substituents is 1. The van der Waals surface area contributed by atoms with Gasteiger partial charge in [0.1, 0.15) is 4.90 Å². The summed E-state index contributed by atoms with van der Waals surface area (Å²) < 4.78 is 29.6. The molecule has 0 saturated carbocycles. The van der Waals surface area contributed by atoms with Gasteiger partial charge in [-0.15, -0.1) is 0 Å². The maximum Gasteiger partial charge on any atom is 0.339 e. The van der Waals surface area contributed by atoms with Gasteiger partial charge < -0.3 is 9.92 Å². The molecule has 130 valence electrons. The molecule has 0 saturated heterocycles. The molecule has 0 heterocycles. The minimum Gasteiger partial charge on any atom is -0.378 e. The number of rotatable bonds is 6. The van der Waals surface area contributed by atoms with Crippen molar-refractivity contribution in [3.05, 3.63) is 64.2 Å². The first-order valence-corrected chi connectivity index (χ1v) is 8.07. The van der Waals surface area contributed by atoms with Crippen LogP contribution in [0.5, 0.6) is 5.75 Å². The third kappa shape index (κ3) is 4.75. The summed E-state index contributed by atoms with van der Waals surface area (Å²) in [7, 11) is -4.22. The lowest BCUT2D eigenvalue weighted by Gasteiger charge is -2.09. The number of nitrogens with two attached hydrogens (primary N) is 1. The van der Waals surface area contributed by atoms with Crippen LogP contribution in [-0.4, -0.2) is 25.6 Å². The van der Waals surface area contributed by atoms with Crippen molar-refractivity contribution in [2.24, 2.45) is 10.8 Å². The van der Waals surface area contributed by atoms with E-state index in [1.807, 2.05) is 5.43 Å². The van der Waals surface area contributed by atoms with E-state index in [9.17, 15) is 23.3 Å². The average Bonchev–Trinajstić information content (AvgIpc) is 2.56. The Morgan fingerprint density at radius 2 is 1.84 bits per heavy atom. The Bertz CT molecular complexity index is 925. The lowest BCUT2D eigenvalue weighted by atomic mass is 10.2. The number of nitro groups is 1. The van der Waals surface area contributed by atoms with Crippen LogP contribution >= 0.6 is 0 Å². The molecule has 2 aromatic carbocycles. The second-order valence-electron chi connectivity index (χ2n) is 4.56. The molecule has 0 aliphatic rings. The van der Waals surface area contributed by atoms with Gasteiger partial charge in [0.25, 0.3) is 5.69 Å². The van der Waals surface area contributed by atoms with Gasteiger partial charge in [0, 0.05) is 17.7 Å². The fourth-order valence-electron chi connectivity index (χ4n) is 1.73. The van der Waals surface area contributed by atoms with Gasteiger partial charge in [-0.05, 0) is 24.3 Å². The number of hydrogen-bond donors (Lipinski definition) is 2. The minimum atomic E-state index is -4.22. The second-order valence-corrected chi connectivity index (χ2v) is 6.11. The summed E-state index contributed by atoms with van der Waals surface area (Å²) >= 11 is 0. The number of hydrogen-bond acceptors (Lipinski definition) is 7. The van der Waals surface area contributed by atoms with Crippen LogP contribution in [-0.2, 0) is 10.1 Å². The molecule has 0 unspecified atom stereocenters. The SMILES string of the molecule is NC(=O)N/N=C\c1ccccc1OS(=O)(=O)c1ccc([N+](=O)[O-])cc1. The standard InChI is InChI=1S/C14H12N4O6S/c15-14(19)17-16-9-10-3-1-2-4-13(10)24-25(22,23)12-7-5-11(6-8-12)18(20)21/h1-9H,(H3,15,17,19)/b16-9-. The summed E-state index contributed by atoms with van der Waals surface area (Å²) in [5.74, 6) is -0.0455. The zero-order chi connectivity index (χ0) is 18.4. The number of amides is 2. The van der Waals surface area contributed by atoms with Gasteiger partial charge in [-0.2, -0.15) is 13.5 Å². The summed E-state index contributed by atoms with van der Waals surface area (Å²) in [6.07, 6.45) is 1.16. The highest BCUT2D eigenvalue weighted by Crippen LogP contribution is 2.23. The largest absolute Gasteiger partial charge is 0.378 e. The lowest BCUT2D eigenvalue weighted by molar-refractivity contribution is -0.384. The molecule has 0 aromatic heterocycles. The maximum absolute atomic E-state index is 12.3. The molecule has 2 aromatic rings. The van der Waals surface area contributed by atoms with Crippen LogP contribution in [0.2, 0.25) is 0 Å². The Labute approximate surface area is 142 Å². The number of nitrogens with one attached hydrogen (secondary N) is 1. The summed E-state index contributed by atoms with van der Waals surface area (Å²) in [4.78, 5) is 20.3. The molecule has 10 nitrogen and oxygen atoms in total. The summed E-state index contributed by atoms with van der Waals surface area (Å²) in [6, 6.07) is 9.41. The average molecular weight is 364 g/mol. The quantitative estimate of drug-likeness (QED) is 0.341. The molecule has 0 atom stereocenters. The van der Waals surface area contributed by atoms with Gasteiger partial charge >= 0.3 is 16.1 Å². The van der Waals surface area contributed by atoms with E-state index in [1.165, 1.54) is 12.1 Å². The predicted molar refractivity (Wildman–Crippen MR) is 87.7 cm³/mol. The van der Waals surface area contributed by atoms with Gasteiger partial charge in [-0.3, -0.25) is 10.1 Å². The minimum absolute atomic E-state index is 0.0455. The van der Waals surface area contributed by atoms with E-state index in [-0.39, 0.29) is 21.9 Å². The smallest absolute Gasteiger partial charge is 0.339 e. The summed E-state index contributed by atoms with van der Waals surface area (Å²) in [6.45, 7) is 0. The first kappa shape index (κ1) is 17.9. The molecule has 11 heteroatoms. The van der Waals surface area contributed by atoms with Crippen molar-refractivity contribution >= 4 is 28.1 Å². The van der Waals surface area contributed by atoms with E-state index in [0.717, 1.165) is 30.5 Å². The van der Waals surface area contributed by atoms with Crippen molar-refractivity contribution < 1.29 is 22.3 Å². The van der Waals surface area contributed by atoms with Gasteiger partial charge in [-0.25, -0.2) is 10.2 Å².